The predicted molar refractivity (Wildman–Crippen MR) is 102 cm³/mol. The van der Waals surface area contributed by atoms with Gasteiger partial charge in [-0.3, -0.25) is 14.6 Å². The van der Waals surface area contributed by atoms with Crippen LogP contribution in [0, 0.1) is 0 Å². The number of urea groups is 1. The molecule has 2 heterocycles. The van der Waals surface area contributed by atoms with Gasteiger partial charge in [-0.05, 0) is 25.1 Å². The van der Waals surface area contributed by atoms with Gasteiger partial charge in [-0.15, -0.1) is 0 Å². The monoisotopic (exact) mass is 376 g/mol. The number of methoxy groups -OCH3 is 1. The van der Waals surface area contributed by atoms with Crippen molar-refractivity contribution >= 4 is 17.6 Å². The number of carbonyl (C=O) groups is 2. The predicted octanol–water partition coefficient (Wildman–Crippen LogP) is 0.776. The molecule has 1 aromatic carbocycles. The minimum Gasteiger partial charge on any atom is -0.495 e. The molecule has 0 radical (unpaired) electrons. The molecule has 2 saturated heterocycles. The van der Waals surface area contributed by atoms with E-state index in [1.807, 2.05) is 24.3 Å². The number of para-hydroxylation sites is 2. The molecule has 8 heteroatoms. The van der Waals surface area contributed by atoms with E-state index in [4.69, 9.17) is 9.47 Å². The molecule has 0 spiro atoms. The average molecular weight is 376 g/mol. The van der Waals surface area contributed by atoms with Gasteiger partial charge >= 0.3 is 6.03 Å². The highest BCUT2D eigenvalue weighted by Crippen LogP contribution is 2.30. The average Bonchev–Trinajstić information content (AvgIpc) is 3.06. The Morgan fingerprint density at radius 1 is 1.19 bits per heavy atom. The van der Waals surface area contributed by atoms with Crippen molar-refractivity contribution in [2.75, 3.05) is 71.0 Å². The van der Waals surface area contributed by atoms with E-state index < -0.39 is 0 Å². The normalized spacial score (nSPS) is 18.0. The van der Waals surface area contributed by atoms with E-state index in [9.17, 15) is 9.59 Å². The maximum absolute atomic E-state index is 12.6. The summed E-state index contributed by atoms with van der Waals surface area (Å²) in [5.74, 6) is 0.535. The lowest BCUT2D eigenvalue weighted by atomic mass is 10.2. The standard InChI is InChI=1S/C19H28N4O4/c1-26-17-6-3-2-5-16(17)23-10-9-22(19(23)25)15-18(24)20-7-4-8-21-11-13-27-14-12-21/h2-3,5-6H,4,7-15H2,1H3,(H,20,24). The summed E-state index contributed by atoms with van der Waals surface area (Å²) >= 11 is 0. The van der Waals surface area contributed by atoms with Gasteiger partial charge in [0.25, 0.3) is 0 Å². The van der Waals surface area contributed by atoms with Crippen molar-refractivity contribution in [1.29, 1.82) is 0 Å². The maximum atomic E-state index is 12.6. The zero-order chi connectivity index (χ0) is 19.1. The SMILES string of the molecule is COc1ccccc1N1CCN(CC(=O)NCCCN2CCOCC2)C1=O. The minimum absolute atomic E-state index is 0.0854. The molecule has 148 valence electrons. The number of anilines is 1. The van der Waals surface area contributed by atoms with Gasteiger partial charge in [0.05, 0.1) is 26.0 Å². The van der Waals surface area contributed by atoms with Crippen LogP contribution in [-0.2, 0) is 9.53 Å². The van der Waals surface area contributed by atoms with Gasteiger partial charge in [0.15, 0.2) is 0 Å². The molecule has 0 bridgehead atoms. The van der Waals surface area contributed by atoms with Crippen molar-refractivity contribution in [1.82, 2.24) is 15.1 Å². The zero-order valence-corrected chi connectivity index (χ0v) is 15.9. The van der Waals surface area contributed by atoms with Gasteiger partial charge < -0.3 is 19.7 Å². The lowest BCUT2D eigenvalue weighted by molar-refractivity contribution is -0.121. The summed E-state index contributed by atoms with van der Waals surface area (Å²) in [4.78, 5) is 30.4. The summed E-state index contributed by atoms with van der Waals surface area (Å²) in [7, 11) is 1.58. The van der Waals surface area contributed by atoms with Crippen LogP contribution in [0.1, 0.15) is 6.42 Å². The van der Waals surface area contributed by atoms with Gasteiger partial charge in [0.1, 0.15) is 12.3 Å². The first-order chi connectivity index (χ1) is 13.2. The fourth-order valence-electron chi connectivity index (χ4n) is 3.39. The number of carbonyl (C=O) groups excluding carboxylic acids is 2. The van der Waals surface area contributed by atoms with Crippen molar-refractivity contribution < 1.29 is 19.1 Å². The number of rotatable bonds is 8. The molecule has 1 aromatic rings. The number of nitrogens with one attached hydrogen (secondary N) is 1. The number of ether oxygens (including phenoxy) is 2. The summed E-state index contributed by atoms with van der Waals surface area (Å²) < 4.78 is 10.7. The minimum atomic E-state index is -0.164. The third-order valence-corrected chi connectivity index (χ3v) is 4.88. The topological polar surface area (TPSA) is 74.3 Å². The van der Waals surface area contributed by atoms with E-state index in [0.717, 1.165) is 45.0 Å². The highest BCUT2D eigenvalue weighted by atomic mass is 16.5. The first kappa shape index (κ1) is 19.4. The lowest BCUT2D eigenvalue weighted by Crippen LogP contribution is -2.41. The van der Waals surface area contributed by atoms with E-state index in [2.05, 4.69) is 10.2 Å². The van der Waals surface area contributed by atoms with Crippen LogP contribution >= 0.6 is 0 Å². The highest BCUT2D eigenvalue weighted by molar-refractivity contribution is 5.97. The molecule has 27 heavy (non-hydrogen) atoms. The fourth-order valence-corrected chi connectivity index (χ4v) is 3.39. The quantitative estimate of drug-likeness (QED) is 0.679. The molecule has 0 aliphatic carbocycles. The van der Waals surface area contributed by atoms with Gasteiger partial charge in [-0.2, -0.15) is 0 Å². The molecular formula is C19H28N4O4. The van der Waals surface area contributed by atoms with Crippen LogP contribution in [0.15, 0.2) is 24.3 Å². The van der Waals surface area contributed by atoms with Crippen molar-refractivity contribution in [3.63, 3.8) is 0 Å². The van der Waals surface area contributed by atoms with Crippen LogP contribution in [0.2, 0.25) is 0 Å². The summed E-state index contributed by atoms with van der Waals surface area (Å²) in [6.07, 6.45) is 0.896. The summed E-state index contributed by atoms with van der Waals surface area (Å²) in [6.45, 7) is 6.20. The van der Waals surface area contributed by atoms with E-state index in [1.54, 1.807) is 16.9 Å². The molecule has 3 amide bonds. The lowest BCUT2D eigenvalue weighted by Gasteiger charge is -2.26. The van der Waals surface area contributed by atoms with E-state index in [-0.39, 0.29) is 18.5 Å². The Hall–Kier alpha value is -2.32. The smallest absolute Gasteiger partial charge is 0.325 e. The molecule has 0 unspecified atom stereocenters. The Labute approximate surface area is 160 Å². The fraction of sp³-hybridized carbons (Fsp3) is 0.579. The summed E-state index contributed by atoms with van der Waals surface area (Å²) in [5.41, 5.74) is 0.735. The molecular weight excluding hydrogens is 348 g/mol. The summed E-state index contributed by atoms with van der Waals surface area (Å²) in [5, 5.41) is 2.91. The maximum Gasteiger partial charge on any atom is 0.325 e. The van der Waals surface area contributed by atoms with Crippen LogP contribution in [0.25, 0.3) is 0 Å². The van der Waals surface area contributed by atoms with Crippen LogP contribution in [-0.4, -0.2) is 87.9 Å². The first-order valence-corrected chi connectivity index (χ1v) is 9.45. The summed E-state index contributed by atoms with van der Waals surface area (Å²) in [6, 6.07) is 7.25. The molecule has 3 rings (SSSR count). The van der Waals surface area contributed by atoms with Crippen LogP contribution in [0.4, 0.5) is 10.5 Å². The molecule has 2 aliphatic heterocycles. The molecule has 0 saturated carbocycles. The number of benzene rings is 1. The van der Waals surface area contributed by atoms with Gasteiger partial charge in [-0.25, -0.2) is 4.79 Å². The second-order valence-corrected chi connectivity index (χ2v) is 6.69. The Kier molecular flexibility index (Phi) is 6.89. The largest absolute Gasteiger partial charge is 0.495 e. The molecule has 0 atom stereocenters. The Bertz CT molecular complexity index is 648. The second-order valence-electron chi connectivity index (χ2n) is 6.69. The zero-order valence-electron chi connectivity index (χ0n) is 15.9. The highest BCUT2D eigenvalue weighted by Gasteiger charge is 2.32. The molecule has 0 aromatic heterocycles. The third-order valence-electron chi connectivity index (χ3n) is 4.88. The van der Waals surface area contributed by atoms with Crippen LogP contribution < -0.4 is 15.0 Å². The first-order valence-electron chi connectivity index (χ1n) is 9.45. The van der Waals surface area contributed by atoms with Gasteiger partial charge in [0.2, 0.25) is 5.91 Å². The molecule has 2 fully saturated rings. The number of nitrogens with zero attached hydrogens (tertiary/aromatic N) is 3. The van der Waals surface area contributed by atoms with E-state index >= 15 is 0 Å². The Morgan fingerprint density at radius 3 is 2.74 bits per heavy atom. The van der Waals surface area contributed by atoms with Crippen molar-refractivity contribution in [2.45, 2.75) is 6.42 Å². The molecule has 8 nitrogen and oxygen atoms in total. The Morgan fingerprint density at radius 2 is 1.96 bits per heavy atom. The van der Waals surface area contributed by atoms with Gasteiger partial charge in [-0.1, -0.05) is 12.1 Å². The molecule has 2 aliphatic rings. The number of amides is 3. The molecule has 1 N–H and O–H groups in total. The van der Waals surface area contributed by atoms with E-state index in [0.29, 0.717) is 25.4 Å². The Balaban J connectivity index is 1.41. The van der Waals surface area contributed by atoms with Gasteiger partial charge in [0, 0.05) is 32.7 Å². The van der Waals surface area contributed by atoms with Crippen molar-refractivity contribution in [3.05, 3.63) is 24.3 Å². The van der Waals surface area contributed by atoms with E-state index in [1.165, 1.54) is 0 Å². The van der Waals surface area contributed by atoms with Crippen molar-refractivity contribution in [2.24, 2.45) is 0 Å². The second kappa shape index (κ2) is 9.57. The number of morpholine rings is 1. The number of hydrogen-bond acceptors (Lipinski definition) is 5. The number of hydrogen-bond donors (Lipinski definition) is 1. The van der Waals surface area contributed by atoms with Crippen molar-refractivity contribution in [3.8, 4) is 5.75 Å². The van der Waals surface area contributed by atoms with Crippen LogP contribution in [0.5, 0.6) is 5.75 Å². The van der Waals surface area contributed by atoms with Crippen LogP contribution in [0.3, 0.4) is 0 Å². The third kappa shape index (κ3) is 5.11.